The molecule has 0 amide bonds. The molecule has 0 saturated heterocycles. The third-order valence-electron chi connectivity index (χ3n) is 2.28. The van der Waals surface area contributed by atoms with Gasteiger partial charge in [0.05, 0.1) is 10.5 Å². The summed E-state index contributed by atoms with van der Waals surface area (Å²) in [6.07, 6.45) is 2.65. The molecule has 0 aliphatic rings. The number of aromatic nitrogens is 1. The van der Waals surface area contributed by atoms with Gasteiger partial charge < -0.3 is 5.73 Å². The van der Waals surface area contributed by atoms with E-state index in [1.165, 1.54) is 4.88 Å². The Hall–Kier alpha value is -0.420. The first-order valence-corrected chi connectivity index (χ1v) is 6.80. The molecule has 0 saturated carbocycles. The molecule has 2 aromatic rings. The van der Waals surface area contributed by atoms with Gasteiger partial charge in [-0.3, -0.25) is 4.98 Å². The second kappa shape index (κ2) is 5.27. The van der Waals surface area contributed by atoms with Crippen molar-refractivity contribution >= 4 is 38.9 Å². The fourth-order valence-corrected chi connectivity index (χ4v) is 2.51. The summed E-state index contributed by atoms with van der Waals surface area (Å²) in [4.78, 5) is 5.22. The number of halogens is 2. The molecule has 5 heteroatoms. The predicted molar refractivity (Wildman–Crippen MR) is 71.9 cm³/mol. The van der Waals surface area contributed by atoms with E-state index in [4.69, 9.17) is 17.3 Å². The lowest BCUT2D eigenvalue weighted by atomic mass is 10.0. The predicted octanol–water partition coefficient (Wildman–Crippen LogP) is 3.80. The van der Waals surface area contributed by atoms with Gasteiger partial charge in [0, 0.05) is 28.0 Å². The Bertz CT molecular complexity index is 473. The van der Waals surface area contributed by atoms with Gasteiger partial charge in [-0.1, -0.05) is 17.7 Å². The molecule has 1 heterocycles. The first-order chi connectivity index (χ1) is 7.66. The zero-order valence-electron chi connectivity index (χ0n) is 8.36. The van der Waals surface area contributed by atoms with E-state index in [2.05, 4.69) is 20.9 Å². The molecule has 2 N–H and O–H groups in total. The van der Waals surface area contributed by atoms with Crippen molar-refractivity contribution in [2.24, 2.45) is 5.73 Å². The van der Waals surface area contributed by atoms with Crippen molar-refractivity contribution in [1.82, 2.24) is 4.98 Å². The third-order valence-corrected chi connectivity index (χ3v) is 4.31. The van der Waals surface area contributed by atoms with Crippen molar-refractivity contribution in [2.75, 3.05) is 0 Å². The maximum atomic E-state index is 6.11. The molecule has 1 aromatic heterocycles. The number of nitrogens with zero attached hydrogens (tertiary/aromatic N) is 1. The van der Waals surface area contributed by atoms with Gasteiger partial charge in [0.25, 0.3) is 0 Å². The van der Waals surface area contributed by atoms with E-state index in [0.29, 0.717) is 5.02 Å². The van der Waals surface area contributed by atoms with Crippen LogP contribution >= 0.6 is 38.9 Å². The van der Waals surface area contributed by atoms with Crippen LogP contribution in [-0.4, -0.2) is 4.98 Å². The standard InChI is InChI=1S/C11H10BrClN2S/c12-9-2-1-7(3-10(9)13)11(14)4-8-5-15-6-16-8/h1-3,5-6,11H,4,14H2. The van der Waals surface area contributed by atoms with Crippen LogP contribution in [0.25, 0.3) is 0 Å². The third kappa shape index (κ3) is 2.83. The molecule has 0 aliphatic carbocycles. The molecule has 0 spiro atoms. The van der Waals surface area contributed by atoms with E-state index in [1.54, 1.807) is 11.3 Å². The van der Waals surface area contributed by atoms with E-state index in [0.717, 1.165) is 16.5 Å². The molecule has 0 aliphatic heterocycles. The van der Waals surface area contributed by atoms with Crippen molar-refractivity contribution < 1.29 is 0 Å². The normalized spacial score (nSPS) is 12.7. The van der Waals surface area contributed by atoms with Crippen LogP contribution in [0, 0.1) is 0 Å². The molecule has 2 rings (SSSR count). The first kappa shape index (κ1) is 12.0. The van der Waals surface area contributed by atoms with Crippen LogP contribution in [0.1, 0.15) is 16.5 Å². The summed E-state index contributed by atoms with van der Waals surface area (Å²) in [5, 5.41) is 0.692. The van der Waals surface area contributed by atoms with Crippen molar-refractivity contribution in [3.8, 4) is 0 Å². The number of rotatable bonds is 3. The van der Waals surface area contributed by atoms with Gasteiger partial charge in [-0.25, -0.2) is 0 Å². The van der Waals surface area contributed by atoms with Crippen LogP contribution in [0.3, 0.4) is 0 Å². The molecule has 1 aromatic carbocycles. The van der Waals surface area contributed by atoms with Gasteiger partial charge in [0.1, 0.15) is 0 Å². The Morgan fingerprint density at radius 2 is 2.31 bits per heavy atom. The average Bonchev–Trinajstić information content (AvgIpc) is 2.74. The van der Waals surface area contributed by atoms with Crippen LogP contribution < -0.4 is 5.73 Å². The Labute approximate surface area is 112 Å². The van der Waals surface area contributed by atoms with Gasteiger partial charge in [0.2, 0.25) is 0 Å². The van der Waals surface area contributed by atoms with E-state index in [-0.39, 0.29) is 6.04 Å². The molecule has 0 bridgehead atoms. The fraction of sp³-hybridized carbons (Fsp3) is 0.182. The Morgan fingerprint density at radius 1 is 1.50 bits per heavy atom. The minimum absolute atomic E-state index is 0.0361. The lowest BCUT2D eigenvalue weighted by molar-refractivity contribution is 0.729. The molecule has 1 atom stereocenters. The van der Waals surface area contributed by atoms with E-state index in [9.17, 15) is 0 Å². The first-order valence-electron chi connectivity index (χ1n) is 4.74. The average molecular weight is 318 g/mol. The number of thiazole rings is 1. The van der Waals surface area contributed by atoms with Crippen LogP contribution in [0.2, 0.25) is 5.02 Å². The van der Waals surface area contributed by atoms with Gasteiger partial charge in [-0.05, 0) is 33.6 Å². The minimum Gasteiger partial charge on any atom is -0.324 e. The highest BCUT2D eigenvalue weighted by Gasteiger charge is 2.09. The number of nitrogens with two attached hydrogens (primary N) is 1. The smallest absolute Gasteiger partial charge is 0.0794 e. The fourth-order valence-electron chi connectivity index (χ4n) is 1.42. The monoisotopic (exact) mass is 316 g/mol. The lowest BCUT2D eigenvalue weighted by Crippen LogP contribution is -2.12. The molecule has 84 valence electrons. The Balaban J connectivity index is 2.14. The van der Waals surface area contributed by atoms with Crippen molar-refractivity contribution in [3.05, 3.63) is 49.8 Å². The van der Waals surface area contributed by atoms with Crippen LogP contribution in [0.5, 0.6) is 0 Å². The van der Waals surface area contributed by atoms with Gasteiger partial charge >= 0.3 is 0 Å². The van der Waals surface area contributed by atoms with E-state index in [1.807, 2.05) is 29.9 Å². The second-order valence-corrected chi connectivity index (χ2v) is 5.68. The van der Waals surface area contributed by atoms with Crippen LogP contribution in [-0.2, 0) is 6.42 Å². The summed E-state index contributed by atoms with van der Waals surface area (Å²) in [7, 11) is 0. The minimum atomic E-state index is -0.0361. The van der Waals surface area contributed by atoms with Crippen LogP contribution in [0.4, 0.5) is 0 Å². The quantitative estimate of drug-likeness (QED) is 0.935. The molecule has 0 fully saturated rings. The van der Waals surface area contributed by atoms with Crippen molar-refractivity contribution in [3.63, 3.8) is 0 Å². The largest absolute Gasteiger partial charge is 0.324 e. The number of hydrogen-bond acceptors (Lipinski definition) is 3. The highest BCUT2D eigenvalue weighted by Crippen LogP contribution is 2.27. The van der Waals surface area contributed by atoms with Crippen molar-refractivity contribution in [1.29, 1.82) is 0 Å². The molecule has 16 heavy (non-hydrogen) atoms. The molecular weight excluding hydrogens is 308 g/mol. The molecule has 2 nitrogen and oxygen atoms in total. The van der Waals surface area contributed by atoms with Gasteiger partial charge in [0.15, 0.2) is 0 Å². The lowest BCUT2D eigenvalue weighted by Gasteiger charge is -2.11. The highest BCUT2D eigenvalue weighted by molar-refractivity contribution is 9.10. The number of benzene rings is 1. The van der Waals surface area contributed by atoms with Crippen molar-refractivity contribution in [2.45, 2.75) is 12.5 Å². The van der Waals surface area contributed by atoms with Gasteiger partial charge in [-0.2, -0.15) is 0 Å². The Morgan fingerprint density at radius 3 is 2.94 bits per heavy atom. The Kier molecular flexibility index (Phi) is 3.97. The molecule has 0 radical (unpaired) electrons. The summed E-state index contributed by atoms with van der Waals surface area (Å²) < 4.78 is 0.892. The SMILES string of the molecule is NC(Cc1cncs1)c1ccc(Br)c(Cl)c1. The summed E-state index contributed by atoms with van der Waals surface area (Å²) in [5.74, 6) is 0. The maximum Gasteiger partial charge on any atom is 0.0794 e. The highest BCUT2D eigenvalue weighted by atomic mass is 79.9. The summed E-state index contributed by atoms with van der Waals surface area (Å²) in [6.45, 7) is 0. The zero-order chi connectivity index (χ0) is 11.5. The topological polar surface area (TPSA) is 38.9 Å². The summed E-state index contributed by atoms with van der Waals surface area (Å²) >= 11 is 11.0. The molecule has 1 unspecified atom stereocenters. The van der Waals surface area contributed by atoms with Gasteiger partial charge in [-0.15, -0.1) is 11.3 Å². The van der Waals surface area contributed by atoms with E-state index < -0.39 is 0 Å². The zero-order valence-corrected chi connectivity index (χ0v) is 11.5. The summed E-state index contributed by atoms with van der Waals surface area (Å²) in [5.41, 5.74) is 8.97. The second-order valence-electron chi connectivity index (χ2n) is 3.45. The number of hydrogen-bond donors (Lipinski definition) is 1. The van der Waals surface area contributed by atoms with Crippen LogP contribution in [0.15, 0.2) is 34.4 Å². The van der Waals surface area contributed by atoms with E-state index >= 15 is 0 Å². The molecular formula is C11H10BrClN2S. The maximum absolute atomic E-state index is 6.11. The summed E-state index contributed by atoms with van der Waals surface area (Å²) in [6, 6.07) is 5.77.